The van der Waals surface area contributed by atoms with Gasteiger partial charge in [-0.1, -0.05) is 30.7 Å². The maximum Gasteiger partial charge on any atom is 0.161 e. The van der Waals surface area contributed by atoms with Crippen molar-refractivity contribution in [3.8, 4) is 11.5 Å². The van der Waals surface area contributed by atoms with E-state index in [1.54, 1.807) is 18.2 Å². The summed E-state index contributed by atoms with van der Waals surface area (Å²) in [5.41, 5.74) is 1.33. The Hall–Kier alpha value is -1.82. The quantitative estimate of drug-likeness (QED) is 0.643. The predicted octanol–water partition coefficient (Wildman–Crippen LogP) is 4.32. The Labute approximate surface area is 158 Å². The highest BCUT2D eigenvalue weighted by Crippen LogP contribution is 2.30. The third kappa shape index (κ3) is 5.59. The second kappa shape index (κ2) is 10.4. The second-order valence-corrected chi connectivity index (χ2v) is 6.28. The van der Waals surface area contributed by atoms with Crippen molar-refractivity contribution in [1.29, 1.82) is 0 Å². The number of aliphatic hydroxyl groups excluding tert-OH is 1. The molecule has 2 aromatic carbocycles. The molecule has 4 nitrogen and oxygen atoms in total. The normalized spacial score (nSPS) is 12.0. The van der Waals surface area contributed by atoms with Crippen LogP contribution in [-0.2, 0) is 13.2 Å². The highest BCUT2D eigenvalue weighted by Gasteiger charge is 2.12. The van der Waals surface area contributed by atoms with Gasteiger partial charge in [0.15, 0.2) is 11.5 Å². The van der Waals surface area contributed by atoms with Crippen LogP contribution in [0, 0.1) is 5.82 Å². The SMILES string of the molecule is CCOc1cc(CN[C@@H](CC)CO)ccc1OCc1c(F)cccc1Cl. The van der Waals surface area contributed by atoms with E-state index in [9.17, 15) is 9.50 Å². The average Bonchev–Trinajstić information content (AvgIpc) is 2.64. The number of rotatable bonds is 10. The van der Waals surface area contributed by atoms with E-state index in [-0.39, 0.29) is 19.3 Å². The minimum atomic E-state index is -0.397. The van der Waals surface area contributed by atoms with E-state index in [2.05, 4.69) is 5.32 Å². The van der Waals surface area contributed by atoms with Crippen LogP contribution in [0.25, 0.3) is 0 Å². The largest absolute Gasteiger partial charge is 0.490 e. The van der Waals surface area contributed by atoms with E-state index in [4.69, 9.17) is 21.1 Å². The second-order valence-electron chi connectivity index (χ2n) is 5.87. The Bertz CT molecular complexity index is 687. The van der Waals surface area contributed by atoms with Gasteiger partial charge in [-0.25, -0.2) is 4.39 Å². The summed E-state index contributed by atoms with van der Waals surface area (Å²) in [5, 5.41) is 12.9. The Balaban J connectivity index is 2.10. The molecule has 2 aromatic rings. The number of aliphatic hydroxyl groups is 1. The summed E-state index contributed by atoms with van der Waals surface area (Å²) in [4.78, 5) is 0. The summed E-state index contributed by atoms with van der Waals surface area (Å²) in [6.07, 6.45) is 0.847. The molecule has 26 heavy (non-hydrogen) atoms. The lowest BCUT2D eigenvalue weighted by atomic mass is 10.1. The lowest BCUT2D eigenvalue weighted by molar-refractivity contribution is 0.238. The lowest BCUT2D eigenvalue weighted by Crippen LogP contribution is -2.31. The van der Waals surface area contributed by atoms with Crippen LogP contribution in [0.5, 0.6) is 11.5 Å². The van der Waals surface area contributed by atoms with E-state index < -0.39 is 5.82 Å². The summed E-state index contributed by atoms with van der Waals surface area (Å²) >= 11 is 6.04. The van der Waals surface area contributed by atoms with Gasteiger partial charge in [-0.3, -0.25) is 0 Å². The standard InChI is InChI=1S/C20H25ClFNO3/c1-3-15(12-24)23-11-14-8-9-19(20(10-14)25-4-2)26-13-16-17(21)6-5-7-18(16)22/h5-10,15,23-24H,3-4,11-13H2,1-2H3/t15-/m0/s1. The molecule has 142 valence electrons. The molecule has 1 atom stereocenters. The highest BCUT2D eigenvalue weighted by atomic mass is 35.5. The molecule has 2 N–H and O–H groups in total. The molecule has 0 saturated heterocycles. The van der Waals surface area contributed by atoms with Gasteiger partial charge in [-0.2, -0.15) is 0 Å². The van der Waals surface area contributed by atoms with Crippen LogP contribution in [0.1, 0.15) is 31.4 Å². The van der Waals surface area contributed by atoms with Gasteiger partial charge in [0.05, 0.1) is 18.2 Å². The molecule has 0 aliphatic heterocycles. The molecule has 6 heteroatoms. The number of nitrogens with one attached hydrogen (secondary N) is 1. The third-order valence-corrected chi connectivity index (χ3v) is 4.40. The minimum Gasteiger partial charge on any atom is -0.490 e. The fourth-order valence-electron chi connectivity index (χ4n) is 2.47. The van der Waals surface area contributed by atoms with Crippen LogP contribution in [-0.4, -0.2) is 24.4 Å². The van der Waals surface area contributed by atoms with Crippen LogP contribution in [0.3, 0.4) is 0 Å². The van der Waals surface area contributed by atoms with Crippen LogP contribution in [0.15, 0.2) is 36.4 Å². The van der Waals surface area contributed by atoms with Gasteiger partial charge in [0.25, 0.3) is 0 Å². The summed E-state index contributed by atoms with van der Waals surface area (Å²) in [7, 11) is 0. The van der Waals surface area contributed by atoms with Crippen molar-refractivity contribution in [1.82, 2.24) is 5.32 Å². The van der Waals surface area contributed by atoms with Crippen LogP contribution in [0.2, 0.25) is 5.02 Å². The molecule has 0 radical (unpaired) electrons. The first kappa shape index (κ1) is 20.5. The highest BCUT2D eigenvalue weighted by molar-refractivity contribution is 6.31. The summed E-state index contributed by atoms with van der Waals surface area (Å²) in [6.45, 7) is 5.12. The smallest absolute Gasteiger partial charge is 0.161 e. The predicted molar refractivity (Wildman–Crippen MR) is 101 cm³/mol. The molecule has 0 aliphatic carbocycles. The molecule has 0 spiro atoms. The van der Waals surface area contributed by atoms with Crippen molar-refractivity contribution >= 4 is 11.6 Å². The van der Waals surface area contributed by atoms with Crippen LogP contribution >= 0.6 is 11.6 Å². The molecule has 0 bridgehead atoms. The zero-order chi connectivity index (χ0) is 18.9. The van der Waals surface area contributed by atoms with Crippen molar-refractivity contribution in [2.75, 3.05) is 13.2 Å². The maximum atomic E-state index is 13.9. The zero-order valence-electron chi connectivity index (χ0n) is 15.1. The van der Waals surface area contributed by atoms with Crippen molar-refractivity contribution in [2.45, 2.75) is 39.5 Å². The molecule has 0 heterocycles. The molecule has 0 fully saturated rings. The molecule has 0 aliphatic rings. The first-order valence-corrected chi connectivity index (χ1v) is 9.12. The van der Waals surface area contributed by atoms with Gasteiger partial charge in [-0.05, 0) is 43.2 Å². The van der Waals surface area contributed by atoms with Crippen molar-refractivity contribution < 1.29 is 19.0 Å². The minimum absolute atomic E-state index is 0.0194. The van der Waals surface area contributed by atoms with Gasteiger partial charge in [0.2, 0.25) is 0 Å². The van der Waals surface area contributed by atoms with Gasteiger partial charge in [-0.15, -0.1) is 0 Å². The summed E-state index contributed by atoms with van der Waals surface area (Å²) < 4.78 is 25.3. The van der Waals surface area contributed by atoms with Crippen LogP contribution in [0.4, 0.5) is 4.39 Å². The third-order valence-electron chi connectivity index (χ3n) is 4.05. The van der Waals surface area contributed by atoms with Crippen molar-refractivity contribution in [3.05, 3.63) is 58.4 Å². The van der Waals surface area contributed by atoms with E-state index in [1.165, 1.54) is 6.07 Å². The van der Waals surface area contributed by atoms with E-state index in [0.29, 0.717) is 35.2 Å². The van der Waals surface area contributed by atoms with Crippen molar-refractivity contribution in [2.24, 2.45) is 0 Å². The van der Waals surface area contributed by atoms with Gasteiger partial charge >= 0.3 is 0 Å². The first-order valence-electron chi connectivity index (χ1n) is 8.74. The molecule has 0 unspecified atom stereocenters. The molecule has 2 rings (SSSR count). The Morgan fingerprint density at radius 2 is 1.96 bits per heavy atom. The topological polar surface area (TPSA) is 50.7 Å². The Morgan fingerprint density at radius 1 is 1.15 bits per heavy atom. The first-order chi connectivity index (χ1) is 12.6. The molecular weight excluding hydrogens is 357 g/mol. The maximum absolute atomic E-state index is 13.9. The molecule has 0 amide bonds. The zero-order valence-corrected chi connectivity index (χ0v) is 15.9. The number of hydrogen-bond donors (Lipinski definition) is 2. The van der Waals surface area contributed by atoms with E-state index in [0.717, 1.165) is 12.0 Å². The number of hydrogen-bond acceptors (Lipinski definition) is 4. The van der Waals surface area contributed by atoms with Gasteiger partial charge in [0.1, 0.15) is 12.4 Å². The number of halogens is 2. The fraction of sp³-hybridized carbons (Fsp3) is 0.400. The van der Waals surface area contributed by atoms with Crippen molar-refractivity contribution in [3.63, 3.8) is 0 Å². The van der Waals surface area contributed by atoms with Crippen LogP contribution < -0.4 is 14.8 Å². The Morgan fingerprint density at radius 3 is 2.62 bits per heavy atom. The average molecular weight is 382 g/mol. The number of ether oxygens (including phenoxy) is 2. The molecule has 0 aromatic heterocycles. The van der Waals surface area contributed by atoms with Gasteiger partial charge in [0, 0.05) is 18.2 Å². The fourth-order valence-corrected chi connectivity index (χ4v) is 2.69. The van der Waals surface area contributed by atoms with E-state index >= 15 is 0 Å². The molecular formula is C20H25ClFNO3. The van der Waals surface area contributed by atoms with Gasteiger partial charge < -0.3 is 19.9 Å². The summed E-state index contributed by atoms with van der Waals surface area (Å²) in [6, 6.07) is 10.2. The monoisotopic (exact) mass is 381 g/mol. The summed E-state index contributed by atoms with van der Waals surface area (Å²) in [5.74, 6) is 0.728. The number of benzene rings is 2. The lowest BCUT2D eigenvalue weighted by Gasteiger charge is -2.16. The molecule has 0 saturated carbocycles. The Kier molecular flexibility index (Phi) is 8.16. The van der Waals surface area contributed by atoms with E-state index in [1.807, 2.05) is 26.0 Å².